The van der Waals surface area contributed by atoms with Crippen molar-refractivity contribution in [2.24, 2.45) is 0 Å². The molecule has 1 fully saturated rings. The third-order valence-electron chi connectivity index (χ3n) is 1.64. The fourth-order valence-electron chi connectivity index (χ4n) is 1.10. The Balaban J connectivity index is 2.25. The number of rotatable bonds is 2. The molecule has 58 valence electrons. The molecule has 0 bridgehead atoms. The first-order valence-corrected chi connectivity index (χ1v) is 4.70. The first-order valence-electron chi connectivity index (χ1n) is 3.58. The summed E-state index contributed by atoms with van der Waals surface area (Å²) in [4.78, 5) is 10.7. The fraction of sp³-hybridized carbons (Fsp3) is 0.857. The van der Waals surface area contributed by atoms with Gasteiger partial charge in [-0.25, -0.2) is 0 Å². The van der Waals surface area contributed by atoms with Crippen LogP contribution in [0.25, 0.3) is 0 Å². The minimum atomic E-state index is -0.0304. The Kier molecular flexibility index (Phi) is 3.19. The number of carbonyl (C=O) groups is 1. The lowest BCUT2D eigenvalue weighted by molar-refractivity contribution is -0.153. The lowest BCUT2D eigenvalue weighted by Gasteiger charge is -2.20. The Bertz CT molecular complexity index is 123. The van der Waals surface area contributed by atoms with Crippen molar-refractivity contribution in [1.29, 1.82) is 0 Å². The van der Waals surface area contributed by atoms with E-state index in [-0.39, 0.29) is 12.1 Å². The van der Waals surface area contributed by atoms with E-state index < -0.39 is 0 Å². The van der Waals surface area contributed by atoms with Crippen molar-refractivity contribution in [1.82, 2.24) is 0 Å². The van der Waals surface area contributed by atoms with E-state index in [2.05, 4.69) is 15.9 Å². The summed E-state index contributed by atoms with van der Waals surface area (Å²) in [5, 5.41) is 0.922. The minimum Gasteiger partial charge on any atom is -0.462 e. The molecule has 1 heterocycles. The zero-order valence-corrected chi connectivity index (χ0v) is 7.39. The topological polar surface area (TPSA) is 26.3 Å². The normalized spacial score (nSPS) is 26.1. The van der Waals surface area contributed by atoms with Crippen molar-refractivity contribution in [3.8, 4) is 0 Å². The van der Waals surface area contributed by atoms with Crippen LogP contribution in [0.3, 0.4) is 0 Å². The summed E-state index contributed by atoms with van der Waals surface area (Å²) in [5.41, 5.74) is 0. The highest BCUT2D eigenvalue weighted by Crippen LogP contribution is 2.16. The predicted octanol–water partition coefficient (Wildman–Crippen LogP) is 1.87. The van der Waals surface area contributed by atoms with Crippen LogP contribution in [0.4, 0.5) is 0 Å². The molecule has 1 aliphatic rings. The molecule has 2 nitrogen and oxygen atoms in total. The Morgan fingerprint density at radius 1 is 1.70 bits per heavy atom. The Morgan fingerprint density at radius 3 is 3.10 bits per heavy atom. The van der Waals surface area contributed by atoms with E-state index in [0.29, 0.717) is 6.42 Å². The molecule has 1 saturated heterocycles. The number of hydrogen-bond acceptors (Lipinski definition) is 2. The molecule has 0 N–H and O–H groups in total. The van der Waals surface area contributed by atoms with Gasteiger partial charge in [-0.1, -0.05) is 15.9 Å². The molecule has 0 radical (unpaired) electrons. The van der Waals surface area contributed by atoms with Crippen molar-refractivity contribution in [3.05, 3.63) is 0 Å². The lowest BCUT2D eigenvalue weighted by atomic mass is 10.1. The van der Waals surface area contributed by atoms with Crippen molar-refractivity contribution >= 4 is 21.9 Å². The molecule has 1 atom stereocenters. The molecular weight excluding hydrogens is 196 g/mol. The monoisotopic (exact) mass is 206 g/mol. The second kappa shape index (κ2) is 3.96. The molecule has 10 heavy (non-hydrogen) atoms. The van der Waals surface area contributed by atoms with Crippen LogP contribution >= 0.6 is 15.9 Å². The summed E-state index contributed by atoms with van der Waals surface area (Å²) in [6, 6.07) is 0. The summed E-state index contributed by atoms with van der Waals surface area (Å²) >= 11 is 3.31. The molecule has 0 aliphatic carbocycles. The van der Waals surface area contributed by atoms with Crippen molar-refractivity contribution in [3.63, 3.8) is 0 Å². The van der Waals surface area contributed by atoms with Gasteiger partial charge in [-0.05, 0) is 19.3 Å². The predicted molar refractivity (Wildman–Crippen MR) is 42.1 cm³/mol. The average Bonchev–Trinajstić information content (AvgIpc) is 1.88. The number of cyclic esters (lactones) is 1. The molecule has 1 unspecified atom stereocenters. The van der Waals surface area contributed by atoms with E-state index in [9.17, 15) is 4.79 Å². The van der Waals surface area contributed by atoms with Crippen LogP contribution in [0.5, 0.6) is 0 Å². The highest BCUT2D eigenvalue weighted by atomic mass is 79.9. The summed E-state index contributed by atoms with van der Waals surface area (Å²) in [6.07, 6.45) is 3.78. The summed E-state index contributed by atoms with van der Waals surface area (Å²) in [5.74, 6) is -0.0304. The van der Waals surface area contributed by atoms with Gasteiger partial charge in [0.2, 0.25) is 0 Å². The summed E-state index contributed by atoms with van der Waals surface area (Å²) < 4.78 is 5.06. The van der Waals surface area contributed by atoms with Crippen LogP contribution in [-0.2, 0) is 9.53 Å². The maximum Gasteiger partial charge on any atom is 0.306 e. The maximum absolute atomic E-state index is 10.7. The highest BCUT2D eigenvalue weighted by Gasteiger charge is 2.18. The van der Waals surface area contributed by atoms with Crippen LogP contribution in [-0.4, -0.2) is 17.4 Å². The van der Waals surface area contributed by atoms with Crippen molar-refractivity contribution in [2.75, 3.05) is 5.33 Å². The van der Waals surface area contributed by atoms with Crippen molar-refractivity contribution < 1.29 is 9.53 Å². The van der Waals surface area contributed by atoms with Crippen LogP contribution in [0, 0.1) is 0 Å². The highest BCUT2D eigenvalue weighted by molar-refractivity contribution is 9.09. The van der Waals surface area contributed by atoms with E-state index in [1.165, 1.54) is 0 Å². The van der Waals surface area contributed by atoms with Gasteiger partial charge < -0.3 is 4.74 Å². The smallest absolute Gasteiger partial charge is 0.306 e. The molecule has 0 aromatic heterocycles. The zero-order valence-electron chi connectivity index (χ0n) is 5.81. The van der Waals surface area contributed by atoms with Gasteiger partial charge in [-0.15, -0.1) is 0 Å². The van der Waals surface area contributed by atoms with Crippen LogP contribution in [0.1, 0.15) is 25.7 Å². The van der Waals surface area contributed by atoms with Gasteiger partial charge in [0.25, 0.3) is 0 Å². The van der Waals surface area contributed by atoms with Gasteiger partial charge in [0.05, 0.1) is 0 Å². The van der Waals surface area contributed by atoms with Crippen LogP contribution in [0.15, 0.2) is 0 Å². The first-order chi connectivity index (χ1) is 4.83. The quantitative estimate of drug-likeness (QED) is 0.510. The molecule has 0 aromatic carbocycles. The molecule has 1 aliphatic heterocycles. The van der Waals surface area contributed by atoms with Crippen molar-refractivity contribution in [2.45, 2.75) is 31.8 Å². The number of halogens is 1. The standard InChI is InChI=1S/C7H11BrO2/c8-5-4-6-2-1-3-7(9)10-6/h6H,1-5H2. The van der Waals surface area contributed by atoms with E-state index in [0.717, 1.165) is 24.6 Å². The van der Waals surface area contributed by atoms with Gasteiger partial charge in [0.15, 0.2) is 0 Å². The number of esters is 1. The first kappa shape index (κ1) is 8.05. The van der Waals surface area contributed by atoms with Gasteiger partial charge in [0, 0.05) is 11.8 Å². The van der Waals surface area contributed by atoms with Gasteiger partial charge in [-0.2, -0.15) is 0 Å². The number of alkyl halides is 1. The Labute approximate surface area is 69.1 Å². The molecular formula is C7H11BrO2. The zero-order chi connectivity index (χ0) is 7.40. The third-order valence-corrected chi connectivity index (χ3v) is 2.09. The van der Waals surface area contributed by atoms with Crippen LogP contribution in [0.2, 0.25) is 0 Å². The van der Waals surface area contributed by atoms with Gasteiger partial charge in [0.1, 0.15) is 6.10 Å². The van der Waals surface area contributed by atoms with E-state index in [1.807, 2.05) is 0 Å². The second-order valence-electron chi connectivity index (χ2n) is 2.48. The fourth-order valence-corrected chi connectivity index (χ4v) is 1.61. The van der Waals surface area contributed by atoms with Gasteiger partial charge >= 0.3 is 5.97 Å². The second-order valence-corrected chi connectivity index (χ2v) is 3.27. The molecule has 3 heteroatoms. The SMILES string of the molecule is O=C1CCCC(CCBr)O1. The lowest BCUT2D eigenvalue weighted by Crippen LogP contribution is -2.23. The minimum absolute atomic E-state index is 0.0304. The molecule has 0 spiro atoms. The number of ether oxygens (including phenoxy) is 1. The van der Waals surface area contributed by atoms with Crippen LogP contribution < -0.4 is 0 Å². The number of hydrogen-bond donors (Lipinski definition) is 0. The molecule has 0 saturated carbocycles. The maximum atomic E-state index is 10.7. The summed E-state index contributed by atoms with van der Waals surface area (Å²) in [6.45, 7) is 0. The largest absolute Gasteiger partial charge is 0.462 e. The molecule has 1 rings (SSSR count). The Morgan fingerprint density at radius 2 is 2.50 bits per heavy atom. The number of carbonyl (C=O) groups excluding carboxylic acids is 1. The van der Waals surface area contributed by atoms with E-state index in [4.69, 9.17) is 4.74 Å². The van der Waals surface area contributed by atoms with E-state index >= 15 is 0 Å². The molecule has 0 aromatic rings. The third kappa shape index (κ3) is 2.29. The Hall–Kier alpha value is -0.0500. The molecule has 0 amide bonds. The average molecular weight is 207 g/mol. The van der Waals surface area contributed by atoms with E-state index in [1.54, 1.807) is 0 Å². The summed E-state index contributed by atoms with van der Waals surface area (Å²) in [7, 11) is 0. The van der Waals surface area contributed by atoms with Gasteiger partial charge in [-0.3, -0.25) is 4.79 Å².